The lowest BCUT2D eigenvalue weighted by atomic mass is 9.71. The van der Waals surface area contributed by atoms with Gasteiger partial charge in [-0.2, -0.15) is 0 Å². The zero-order valence-electron chi connectivity index (χ0n) is 25.1. The van der Waals surface area contributed by atoms with Crippen molar-refractivity contribution in [2.45, 2.75) is 56.4 Å². The van der Waals surface area contributed by atoms with Crippen LogP contribution in [0.25, 0.3) is 10.9 Å². The monoisotopic (exact) mass is 616 g/mol. The van der Waals surface area contributed by atoms with Crippen molar-refractivity contribution in [1.29, 1.82) is 0 Å². The number of alkyl halides is 1. The number of hydrogen-bond donors (Lipinski definition) is 4. The molecular formula is C33H37FN6O5. The second kappa shape index (κ2) is 13.7. The molecule has 4 N–H and O–H groups in total. The van der Waals surface area contributed by atoms with E-state index in [1.807, 2.05) is 36.5 Å². The van der Waals surface area contributed by atoms with Gasteiger partial charge in [-0.05, 0) is 55.7 Å². The van der Waals surface area contributed by atoms with Crippen molar-refractivity contribution in [2.75, 3.05) is 25.1 Å². The smallest absolute Gasteiger partial charge is 0.320 e. The molecule has 0 spiro atoms. The van der Waals surface area contributed by atoms with Gasteiger partial charge in [-0.15, -0.1) is 0 Å². The van der Waals surface area contributed by atoms with Crippen molar-refractivity contribution in [1.82, 2.24) is 20.6 Å². The first kappa shape index (κ1) is 31.4. The van der Waals surface area contributed by atoms with Gasteiger partial charge in [-0.1, -0.05) is 37.5 Å². The van der Waals surface area contributed by atoms with Crippen molar-refractivity contribution in [3.8, 4) is 5.75 Å². The molecule has 1 fully saturated rings. The summed E-state index contributed by atoms with van der Waals surface area (Å²) in [5.41, 5.74) is 1.07. The number of benzene rings is 2. The molecule has 0 bridgehead atoms. The molecule has 3 amide bonds. The summed E-state index contributed by atoms with van der Waals surface area (Å²) in [6, 6.07) is 16.2. The SMILES string of the molecule is C[C@@](Cc1c[nH]c2ccccc12)(NC(=O)Nc1ccc([N+](=O)[O-])cc1)C(=O)NCC1(c2ccc(OCCF)cn2)CCCCC1. The number of carbonyl (C=O) groups excluding carboxylic acids is 2. The van der Waals surface area contributed by atoms with E-state index in [1.165, 1.54) is 24.3 Å². The van der Waals surface area contributed by atoms with Crippen LogP contribution in [-0.4, -0.2) is 52.2 Å². The zero-order valence-corrected chi connectivity index (χ0v) is 25.1. The van der Waals surface area contributed by atoms with Crippen LogP contribution in [0.1, 0.15) is 50.3 Å². The van der Waals surface area contributed by atoms with E-state index in [1.54, 1.807) is 19.2 Å². The Balaban J connectivity index is 1.37. The van der Waals surface area contributed by atoms with E-state index in [0.717, 1.165) is 54.3 Å². The number of nitrogens with zero attached hydrogens (tertiary/aromatic N) is 2. The minimum atomic E-state index is -1.37. The predicted octanol–water partition coefficient (Wildman–Crippen LogP) is 5.96. The van der Waals surface area contributed by atoms with E-state index >= 15 is 0 Å². The van der Waals surface area contributed by atoms with Crippen molar-refractivity contribution < 1.29 is 23.6 Å². The largest absolute Gasteiger partial charge is 0.489 e. The number of ether oxygens (including phenoxy) is 1. The van der Waals surface area contributed by atoms with Crippen LogP contribution in [0, 0.1) is 10.1 Å². The quantitative estimate of drug-likeness (QED) is 0.114. The lowest BCUT2D eigenvalue weighted by Crippen LogP contribution is -2.60. The van der Waals surface area contributed by atoms with Crippen LogP contribution in [0.4, 0.5) is 20.6 Å². The van der Waals surface area contributed by atoms with Crippen LogP contribution in [0.2, 0.25) is 0 Å². The van der Waals surface area contributed by atoms with Crippen LogP contribution in [0.15, 0.2) is 73.1 Å². The fourth-order valence-corrected chi connectivity index (χ4v) is 6.05. The topological polar surface area (TPSA) is 151 Å². The van der Waals surface area contributed by atoms with E-state index in [-0.39, 0.29) is 24.6 Å². The summed E-state index contributed by atoms with van der Waals surface area (Å²) in [6.45, 7) is 1.37. The number of fused-ring (bicyclic) bond motifs is 1. The van der Waals surface area contributed by atoms with E-state index in [4.69, 9.17) is 4.74 Å². The number of H-pyrrole nitrogens is 1. The van der Waals surface area contributed by atoms with E-state index in [2.05, 4.69) is 25.9 Å². The summed E-state index contributed by atoms with van der Waals surface area (Å²) in [4.78, 5) is 45.7. The number of para-hydroxylation sites is 1. The van der Waals surface area contributed by atoms with E-state index in [9.17, 15) is 24.1 Å². The molecule has 1 atom stereocenters. The van der Waals surface area contributed by atoms with Crippen LogP contribution >= 0.6 is 0 Å². The molecule has 236 valence electrons. The number of carbonyl (C=O) groups is 2. The third-order valence-electron chi connectivity index (χ3n) is 8.47. The molecule has 11 nitrogen and oxygen atoms in total. The molecule has 0 aliphatic heterocycles. The predicted molar refractivity (Wildman–Crippen MR) is 169 cm³/mol. The number of aromatic nitrogens is 2. The van der Waals surface area contributed by atoms with Crippen LogP contribution in [-0.2, 0) is 16.6 Å². The first-order valence-electron chi connectivity index (χ1n) is 15.0. The van der Waals surface area contributed by atoms with Gasteiger partial charge < -0.3 is 25.7 Å². The Kier molecular flexibility index (Phi) is 9.60. The Hall–Kier alpha value is -5.00. The first-order chi connectivity index (χ1) is 21.7. The van der Waals surface area contributed by atoms with Gasteiger partial charge in [0.25, 0.3) is 5.69 Å². The van der Waals surface area contributed by atoms with Gasteiger partial charge in [0, 0.05) is 59.0 Å². The minimum absolute atomic E-state index is 0.0397. The molecule has 5 rings (SSSR count). The number of hydrogen-bond acceptors (Lipinski definition) is 6. The number of rotatable bonds is 12. The number of halogens is 1. The number of urea groups is 1. The molecule has 45 heavy (non-hydrogen) atoms. The Morgan fingerprint density at radius 2 is 1.84 bits per heavy atom. The minimum Gasteiger partial charge on any atom is -0.489 e. The molecule has 1 aliphatic rings. The van der Waals surface area contributed by atoms with Crippen molar-refractivity contribution in [3.63, 3.8) is 0 Å². The Morgan fingerprint density at radius 1 is 1.09 bits per heavy atom. The number of amides is 3. The second-order valence-corrected chi connectivity index (χ2v) is 11.7. The highest BCUT2D eigenvalue weighted by Gasteiger charge is 2.40. The van der Waals surface area contributed by atoms with Crippen molar-refractivity contribution in [2.24, 2.45) is 0 Å². The molecule has 1 saturated carbocycles. The molecule has 2 heterocycles. The molecular weight excluding hydrogens is 579 g/mol. The molecule has 0 unspecified atom stereocenters. The summed E-state index contributed by atoms with van der Waals surface area (Å²) in [5.74, 6) is 0.125. The molecule has 4 aromatic rings. The summed E-state index contributed by atoms with van der Waals surface area (Å²) in [6.07, 6.45) is 8.36. The Morgan fingerprint density at radius 3 is 2.53 bits per heavy atom. The molecule has 1 aliphatic carbocycles. The molecule has 12 heteroatoms. The van der Waals surface area contributed by atoms with Gasteiger partial charge in [-0.25, -0.2) is 9.18 Å². The third kappa shape index (κ3) is 7.39. The van der Waals surface area contributed by atoms with Crippen LogP contribution in [0.3, 0.4) is 0 Å². The zero-order chi connectivity index (χ0) is 31.9. The molecule has 2 aromatic carbocycles. The maximum Gasteiger partial charge on any atom is 0.320 e. The lowest BCUT2D eigenvalue weighted by molar-refractivity contribution is -0.384. The number of aromatic amines is 1. The molecule has 2 aromatic heterocycles. The highest BCUT2D eigenvalue weighted by molar-refractivity contribution is 5.96. The second-order valence-electron chi connectivity index (χ2n) is 11.7. The molecule has 0 saturated heterocycles. The van der Waals surface area contributed by atoms with Gasteiger partial charge in [0.05, 0.1) is 11.1 Å². The fourth-order valence-electron chi connectivity index (χ4n) is 6.05. The number of nitro groups is 1. The first-order valence-corrected chi connectivity index (χ1v) is 15.0. The highest BCUT2D eigenvalue weighted by Crippen LogP contribution is 2.38. The average Bonchev–Trinajstić information content (AvgIpc) is 3.45. The van der Waals surface area contributed by atoms with Crippen LogP contribution < -0.4 is 20.7 Å². The summed E-state index contributed by atoms with van der Waals surface area (Å²) in [5, 5.41) is 20.7. The van der Waals surface area contributed by atoms with E-state index in [0.29, 0.717) is 18.0 Å². The normalized spacial score (nSPS) is 15.5. The Bertz CT molecular complexity index is 1640. The number of non-ortho nitro benzene ring substituents is 1. The van der Waals surface area contributed by atoms with Gasteiger partial charge in [0.15, 0.2) is 0 Å². The van der Waals surface area contributed by atoms with Gasteiger partial charge in [-0.3, -0.25) is 19.9 Å². The highest BCUT2D eigenvalue weighted by atomic mass is 19.1. The fraction of sp³-hybridized carbons (Fsp3) is 0.364. The summed E-state index contributed by atoms with van der Waals surface area (Å²) in [7, 11) is 0. The average molecular weight is 617 g/mol. The van der Waals surface area contributed by atoms with Crippen molar-refractivity contribution in [3.05, 3.63) is 94.4 Å². The number of nitrogens with one attached hydrogen (secondary N) is 4. The van der Waals surface area contributed by atoms with Gasteiger partial charge in [0.1, 0.15) is 24.6 Å². The van der Waals surface area contributed by atoms with Crippen LogP contribution in [0.5, 0.6) is 5.75 Å². The standard InChI is InChI=1S/C33H37FN6O5/c1-32(19-23-20-35-28-8-4-3-7-27(23)28,39-31(42)38-24-9-11-25(12-10-24)40(43)44)30(41)37-22-33(15-5-2-6-16-33)29-14-13-26(21-36-29)45-18-17-34/h3-4,7-14,20-21,35H,2,5-6,15-19,22H2,1H3,(H,37,41)(H2,38,39,42)/t32-/m0/s1. The summed E-state index contributed by atoms with van der Waals surface area (Å²) >= 11 is 0. The maximum atomic E-state index is 14.1. The number of pyridine rings is 1. The van der Waals surface area contributed by atoms with E-state index < -0.39 is 28.6 Å². The van der Waals surface area contributed by atoms with Gasteiger partial charge >= 0.3 is 6.03 Å². The third-order valence-corrected chi connectivity index (χ3v) is 8.47. The van der Waals surface area contributed by atoms with Crippen molar-refractivity contribution >= 4 is 34.2 Å². The number of anilines is 1. The summed E-state index contributed by atoms with van der Waals surface area (Å²) < 4.78 is 17.9. The Labute approximate surface area is 260 Å². The number of nitro benzene ring substituents is 1. The maximum absolute atomic E-state index is 14.1. The van der Waals surface area contributed by atoms with Gasteiger partial charge in [0.2, 0.25) is 5.91 Å². The molecule has 0 radical (unpaired) electrons. The lowest BCUT2D eigenvalue weighted by Gasteiger charge is -2.38.